The topological polar surface area (TPSA) is 84.7 Å². The number of nitrogens with two attached hydrogens (primary N) is 1. The van der Waals surface area contributed by atoms with Crippen molar-refractivity contribution in [2.24, 2.45) is 5.73 Å². The van der Waals surface area contributed by atoms with E-state index in [0.29, 0.717) is 26.3 Å². The monoisotopic (exact) mass is 291 g/mol. The SMILES string of the molecule is CC(NC(=O)[C@H](N)c1ccccc1)C(=O)N1CCOCC1. The molecule has 21 heavy (non-hydrogen) atoms. The van der Waals surface area contributed by atoms with Gasteiger partial charge in [0.15, 0.2) is 0 Å². The van der Waals surface area contributed by atoms with Gasteiger partial charge >= 0.3 is 0 Å². The molecule has 1 aliphatic rings. The van der Waals surface area contributed by atoms with E-state index < -0.39 is 12.1 Å². The Labute approximate surface area is 124 Å². The van der Waals surface area contributed by atoms with Crippen molar-refractivity contribution in [1.82, 2.24) is 10.2 Å². The number of morpholine rings is 1. The van der Waals surface area contributed by atoms with E-state index in [4.69, 9.17) is 10.5 Å². The first kappa shape index (κ1) is 15.5. The van der Waals surface area contributed by atoms with E-state index in [2.05, 4.69) is 5.32 Å². The summed E-state index contributed by atoms with van der Waals surface area (Å²) in [4.78, 5) is 26.0. The molecule has 0 aliphatic carbocycles. The molecule has 0 aromatic heterocycles. The van der Waals surface area contributed by atoms with Gasteiger partial charge in [-0.2, -0.15) is 0 Å². The third-order valence-corrected chi connectivity index (χ3v) is 3.49. The van der Waals surface area contributed by atoms with Gasteiger partial charge < -0.3 is 20.7 Å². The zero-order chi connectivity index (χ0) is 15.2. The van der Waals surface area contributed by atoms with Crippen LogP contribution < -0.4 is 11.1 Å². The molecule has 0 bridgehead atoms. The van der Waals surface area contributed by atoms with Crippen LogP contribution in [0, 0.1) is 0 Å². The Morgan fingerprint density at radius 2 is 1.86 bits per heavy atom. The summed E-state index contributed by atoms with van der Waals surface area (Å²) in [7, 11) is 0. The zero-order valence-corrected chi connectivity index (χ0v) is 12.1. The first-order valence-corrected chi connectivity index (χ1v) is 7.07. The predicted octanol–water partition coefficient (Wildman–Crippen LogP) is 0.0499. The number of hydrogen-bond donors (Lipinski definition) is 2. The van der Waals surface area contributed by atoms with E-state index in [1.807, 2.05) is 18.2 Å². The first-order chi connectivity index (χ1) is 10.1. The second-order valence-corrected chi connectivity index (χ2v) is 5.06. The molecule has 1 heterocycles. The van der Waals surface area contributed by atoms with Gasteiger partial charge in [0.05, 0.1) is 13.2 Å². The number of amides is 2. The Balaban J connectivity index is 1.90. The van der Waals surface area contributed by atoms with E-state index in [-0.39, 0.29) is 11.8 Å². The molecule has 6 nitrogen and oxygen atoms in total. The van der Waals surface area contributed by atoms with Crippen molar-refractivity contribution in [2.75, 3.05) is 26.3 Å². The van der Waals surface area contributed by atoms with Gasteiger partial charge in [-0.1, -0.05) is 30.3 Å². The number of rotatable bonds is 4. The smallest absolute Gasteiger partial charge is 0.245 e. The van der Waals surface area contributed by atoms with Crippen molar-refractivity contribution in [2.45, 2.75) is 19.0 Å². The molecule has 2 amide bonds. The van der Waals surface area contributed by atoms with Gasteiger partial charge in [-0.15, -0.1) is 0 Å². The number of nitrogens with zero attached hydrogens (tertiary/aromatic N) is 1. The number of benzene rings is 1. The van der Waals surface area contributed by atoms with Crippen molar-refractivity contribution in [3.8, 4) is 0 Å². The summed E-state index contributed by atoms with van der Waals surface area (Å²) in [5, 5.41) is 2.68. The summed E-state index contributed by atoms with van der Waals surface area (Å²) in [6.07, 6.45) is 0. The molecule has 1 aliphatic heterocycles. The van der Waals surface area contributed by atoms with E-state index >= 15 is 0 Å². The van der Waals surface area contributed by atoms with Gasteiger partial charge in [0.2, 0.25) is 11.8 Å². The lowest BCUT2D eigenvalue weighted by molar-refractivity contribution is -0.139. The summed E-state index contributed by atoms with van der Waals surface area (Å²) in [6, 6.07) is 7.72. The normalized spacial score (nSPS) is 17.9. The van der Waals surface area contributed by atoms with Crippen LogP contribution in [0.25, 0.3) is 0 Å². The maximum absolute atomic E-state index is 12.2. The average Bonchev–Trinajstić information content (AvgIpc) is 2.55. The summed E-state index contributed by atoms with van der Waals surface area (Å²) in [6.45, 7) is 3.87. The van der Waals surface area contributed by atoms with Gasteiger partial charge in [0.1, 0.15) is 12.1 Å². The predicted molar refractivity (Wildman–Crippen MR) is 78.4 cm³/mol. The van der Waals surface area contributed by atoms with E-state index in [9.17, 15) is 9.59 Å². The Bertz CT molecular complexity index is 486. The Morgan fingerprint density at radius 1 is 1.24 bits per heavy atom. The highest BCUT2D eigenvalue weighted by molar-refractivity contribution is 5.90. The van der Waals surface area contributed by atoms with Crippen LogP contribution in [0.1, 0.15) is 18.5 Å². The van der Waals surface area contributed by atoms with E-state index in [0.717, 1.165) is 5.56 Å². The minimum absolute atomic E-state index is 0.105. The molecule has 1 fully saturated rings. The maximum Gasteiger partial charge on any atom is 0.245 e. The van der Waals surface area contributed by atoms with Crippen LogP contribution in [0.3, 0.4) is 0 Å². The van der Waals surface area contributed by atoms with Crippen LogP contribution in [-0.4, -0.2) is 49.1 Å². The lowest BCUT2D eigenvalue weighted by Crippen LogP contribution is -2.51. The number of hydrogen-bond acceptors (Lipinski definition) is 4. The molecule has 1 aromatic rings. The van der Waals surface area contributed by atoms with Crippen molar-refractivity contribution >= 4 is 11.8 Å². The second-order valence-electron chi connectivity index (χ2n) is 5.06. The van der Waals surface area contributed by atoms with Crippen molar-refractivity contribution in [3.05, 3.63) is 35.9 Å². The summed E-state index contributed by atoms with van der Waals surface area (Å²) in [5.41, 5.74) is 6.63. The van der Waals surface area contributed by atoms with E-state index in [1.165, 1.54) is 0 Å². The molecule has 2 atom stereocenters. The minimum Gasteiger partial charge on any atom is -0.378 e. The van der Waals surface area contributed by atoms with Crippen LogP contribution in [0.4, 0.5) is 0 Å². The molecule has 3 N–H and O–H groups in total. The number of carbonyl (C=O) groups excluding carboxylic acids is 2. The number of nitrogens with one attached hydrogen (secondary N) is 1. The fourth-order valence-electron chi connectivity index (χ4n) is 2.23. The van der Waals surface area contributed by atoms with Crippen LogP contribution >= 0.6 is 0 Å². The number of carbonyl (C=O) groups is 2. The van der Waals surface area contributed by atoms with Crippen LogP contribution in [0.2, 0.25) is 0 Å². The molecular weight excluding hydrogens is 270 g/mol. The molecule has 1 aromatic carbocycles. The van der Waals surface area contributed by atoms with Crippen LogP contribution in [0.5, 0.6) is 0 Å². The Hall–Kier alpha value is -1.92. The van der Waals surface area contributed by atoms with Crippen LogP contribution in [0.15, 0.2) is 30.3 Å². The molecule has 0 spiro atoms. The molecule has 2 rings (SSSR count). The molecule has 6 heteroatoms. The van der Waals surface area contributed by atoms with Crippen molar-refractivity contribution in [1.29, 1.82) is 0 Å². The molecular formula is C15H21N3O3. The highest BCUT2D eigenvalue weighted by Crippen LogP contribution is 2.10. The van der Waals surface area contributed by atoms with Crippen LogP contribution in [-0.2, 0) is 14.3 Å². The third-order valence-electron chi connectivity index (χ3n) is 3.49. The molecule has 114 valence electrons. The van der Waals surface area contributed by atoms with E-state index in [1.54, 1.807) is 24.0 Å². The molecule has 1 unspecified atom stereocenters. The highest BCUT2D eigenvalue weighted by atomic mass is 16.5. The fraction of sp³-hybridized carbons (Fsp3) is 0.467. The van der Waals surface area contributed by atoms with Gasteiger partial charge in [-0.05, 0) is 12.5 Å². The van der Waals surface area contributed by atoms with Gasteiger partial charge in [-0.3, -0.25) is 9.59 Å². The van der Waals surface area contributed by atoms with Gasteiger partial charge in [0.25, 0.3) is 0 Å². The second kappa shape index (κ2) is 7.19. The Morgan fingerprint density at radius 3 is 2.48 bits per heavy atom. The van der Waals surface area contributed by atoms with Crippen molar-refractivity contribution in [3.63, 3.8) is 0 Å². The molecule has 0 radical (unpaired) electrons. The minimum atomic E-state index is -0.772. The summed E-state index contributed by atoms with van der Waals surface area (Å²) < 4.78 is 5.21. The molecule has 1 saturated heterocycles. The zero-order valence-electron chi connectivity index (χ0n) is 12.1. The number of ether oxygens (including phenoxy) is 1. The van der Waals surface area contributed by atoms with Gasteiger partial charge in [0, 0.05) is 13.1 Å². The average molecular weight is 291 g/mol. The van der Waals surface area contributed by atoms with Crippen molar-refractivity contribution < 1.29 is 14.3 Å². The fourth-order valence-corrected chi connectivity index (χ4v) is 2.23. The highest BCUT2D eigenvalue weighted by Gasteiger charge is 2.25. The Kier molecular flexibility index (Phi) is 5.30. The molecule has 0 saturated carbocycles. The summed E-state index contributed by atoms with van der Waals surface area (Å²) in [5.74, 6) is -0.456. The third kappa shape index (κ3) is 4.03. The quantitative estimate of drug-likeness (QED) is 0.821. The van der Waals surface area contributed by atoms with Gasteiger partial charge in [-0.25, -0.2) is 0 Å². The lowest BCUT2D eigenvalue weighted by atomic mass is 10.1. The standard InChI is InChI=1S/C15H21N3O3/c1-11(15(20)18-7-9-21-10-8-18)17-14(19)13(16)12-5-3-2-4-6-12/h2-6,11,13H,7-10,16H2,1H3,(H,17,19)/t11?,13-/m1/s1. The maximum atomic E-state index is 12.2. The lowest BCUT2D eigenvalue weighted by Gasteiger charge is -2.29. The first-order valence-electron chi connectivity index (χ1n) is 7.07. The largest absolute Gasteiger partial charge is 0.378 e. The summed E-state index contributed by atoms with van der Waals surface area (Å²) >= 11 is 0.